The number of anilines is 1. The summed E-state index contributed by atoms with van der Waals surface area (Å²) in [4.78, 5) is 15.6. The fourth-order valence-corrected chi connectivity index (χ4v) is 6.12. The van der Waals surface area contributed by atoms with Gasteiger partial charge < -0.3 is 35.2 Å². The lowest BCUT2D eigenvalue weighted by atomic mass is 9.97. The van der Waals surface area contributed by atoms with Gasteiger partial charge in [0.1, 0.15) is 5.76 Å². The number of benzene rings is 4. The molecule has 8 heteroatoms. The third-order valence-electron chi connectivity index (χ3n) is 8.83. The summed E-state index contributed by atoms with van der Waals surface area (Å²) in [5.41, 5.74) is 9.38. The molecule has 250 valence electrons. The van der Waals surface area contributed by atoms with E-state index in [0.29, 0.717) is 28.2 Å². The molecule has 0 bridgehead atoms. The zero-order valence-corrected chi connectivity index (χ0v) is 27.8. The van der Waals surface area contributed by atoms with Crippen LogP contribution in [0.3, 0.4) is 0 Å². The maximum atomic E-state index is 13.4. The summed E-state index contributed by atoms with van der Waals surface area (Å²) >= 11 is 0. The van der Waals surface area contributed by atoms with Crippen LogP contribution in [0.5, 0.6) is 11.5 Å². The molecule has 0 saturated heterocycles. The Labute approximate surface area is 282 Å². The van der Waals surface area contributed by atoms with E-state index >= 15 is 0 Å². The summed E-state index contributed by atoms with van der Waals surface area (Å²) < 4.78 is 19.7. The molecule has 0 unspecified atom stereocenters. The standard InChI is InChI=1S/C40H46N4O4/c1-44(28-11-10-25-43-27-12-26-42-24-9-8-23-41)33-19-17-30(18-20-33)37-29-35(45)34-21-22-36-39(38(34)46-37)48-40(47-36,31-13-4-2-5-14-31)32-15-6-3-7-16-32/h2-7,13-22,29,42-43H,8-12,23-28,41H2,1H3. The van der Waals surface area contributed by atoms with Gasteiger partial charge >= 0.3 is 5.79 Å². The minimum Gasteiger partial charge on any atom is -0.452 e. The van der Waals surface area contributed by atoms with Gasteiger partial charge in [0, 0.05) is 42.0 Å². The normalized spacial score (nSPS) is 13.2. The third-order valence-corrected chi connectivity index (χ3v) is 8.83. The highest BCUT2D eigenvalue weighted by molar-refractivity contribution is 5.87. The maximum absolute atomic E-state index is 13.4. The van der Waals surface area contributed by atoms with Crippen LogP contribution in [0.25, 0.3) is 22.3 Å². The molecule has 0 amide bonds. The molecule has 0 fully saturated rings. The Hall–Kier alpha value is -4.63. The minimum absolute atomic E-state index is 0.136. The zero-order valence-electron chi connectivity index (χ0n) is 27.8. The molecule has 2 heterocycles. The number of ether oxygens (including phenoxy) is 2. The van der Waals surface area contributed by atoms with Crippen LogP contribution in [0, 0.1) is 0 Å². The molecule has 48 heavy (non-hydrogen) atoms. The molecule has 8 nitrogen and oxygen atoms in total. The van der Waals surface area contributed by atoms with Crippen molar-refractivity contribution in [1.82, 2.24) is 10.6 Å². The number of nitrogens with one attached hydrogen (secondary N) is 2. The fourth-order valence-electron chi connectivity index (χ4n) is 6.12. The molecule has 0 spiro atoms. The van der Waals surface area contributed by atoms with Crippen LogP contribution in [-0.2, 0) is 5.79 Å². The Morgan fingerprint density at radius 1 is 0.708 bits per heavy atom. The molecule has 4 N–H and O–H groups in total. The molecule has 0 aliphatic carbocycles. The van der Waals surface area contributed by atoms with Gasteiger partial charge in [-0.3, -0.25) is 4.79 Å². The van der Waals surface area contributed by atoms with Crippen molar-refractivity contribution in [2.24, 2.45) is 5.73 Å². The van der Waals surface area contributed by atoms with E-state index in [0.717, 1.165) is 93.8 Å². The van der Waals surface area contributed by atoms with Gasteiger partial charge in [-0.2, -0.15) is 0 Å². The predicted molar refractivity (Wildman–Crippen MR) is 194 cm³/mol. The summed E-state index contributed by atoms with van der Waals surface area (Å²) in [6.07, 6.45) is 5.60. The van der Waals surface area contributed by atoms with Crippen LogP contribution < -0.4 is 36.2 Å². The number of rotatable bonds is 17. The number of nitrogens with two attached hydrogens (primary N) is 1. The van der Waals surface area contributed by atoms with E-state index in [9.17, 15) is 4.79 Å². The second-order valence-corrected chi connectivity index (χ2v) is 12.3. The van der Waals surface area contributed by atoms with Gasteiger partial charge in [0.2, 0.25) is 5.75 Å². The average molecular weight is 647 g/mol. The molecule has 1 aliphatic rings. The van der Waals surface area contributed by atoms with Gasteiger partial charge in [0.25, 0.3) is 0 Å². The van der Waals surface area contributed by atoms with E-state index in [4.69, 9.17) is 19.6 Å². The van der Waals surface area contributed by atoms with Crippen molar-refractivity contribution in [3.05, 3.63) is 124 Å². The summed E-state index contributed by atoms with van der Waals surface area (Å²) in [5, 5.41) is 7.46. The van der Waals surface area contributed by atoms with Crippen molar-refractivity contribution < 1.29 is 13.9 Å². The first kappa shape index (κ1) is 33.3. The summed E-state index contributed by atoms with van der Waals surface area (Å²) in [6, 6.07) is 32.9. The van der Waals surface area contributed by atoms with Crippen LogP contribution in [0.15, 0.2) is 112 Å². The van der Waals surface area contributed by atoms with Crippen LogP contribution in [0.2, 0.25) is 0 Å². The first-order valence-corrected chi connectivity index (χ1v) is 17.1. The second-order valence-electron chi connectivity index (χ2n) is 12.3. The molecule has 0 radical (unpaired) electrons. The molecule has 4 aromatic carbocycles. The Kier molecular flexibility index (Phi) is 11.1. The van der Waals surface area contributed by atoms with Crippen LogP contribution in [0.1, 0.15) is 43.2 Å². The van der Waals surface area contributed by atoms with Crippen molar-refractivity contribution in [2.45, 2.75) is 37.9 Å². The summed E-state index contributed by atoms with van der Waals surface area (Å²) in [5.74, 6) is 0.207. The van der Waals surface area contributed by atoms with Gasteiger partial charge in [-0.15, -0.1) is 0 Å². The van der Waals surface area contributed by atoms with E-state index in [1.165, 1.54) is 0 Å². The smallest absolute Gasteiger partial charge is 0.305 e. The number of hydrogen-bond acceptors (Lipinski definition) is 8. The topological polar surface area (TPSA) is 102 Å². The zero-order chi connectivity index (χ0) is 33.2. The van der Waals surface area contributed by atoms with E-state index in [1.807, 2.05) is 72.8 Å². The minimum atomic E-state index is -1.21. The monoisotopic (exact) mass is 646 g/mol. The summed E-state index contributed by atoms with van der Waals surface area (Å²) in [6.45, 7) is 5.90. The highest BCUT2D eigenvalue weighted by atomic mass is 16.7. The van der Waals surface area contributed by atoms with Crippen molar-refractivity contribution in [3.63, 3.8) is 0 Å². The van der Waals surface area contributed by atoms with Gasteiger partial charge in [-0.05, 0) is 101 Å². The molecule has 0 atom stereocenters. The maximum Gasteiger partial charge on any atom is 0.305 e. The Morgan fingerprint density at radius 2 is 1.33 bits per heavy atom. The molecule has 5 aromatic rings. The highest BCUT2D eigenvalue weighted by Gasteiger charge is 2.46. The van der Waals surface area contributed by atoms with Gasteiger partial charge in [0.15, 0.2) is 16.8 Å². The van der Waals surface area contributed by atoms with Crippen LogP contribution >= 0.6 is 0 Å². The largest absolute Gasteiger partial charge is 0.452 e. The van der Waals surface area contributed by atoms with Crippen molar-refractivity contribution >= 4 is 16.7 Å². The number of unbranched alkanes of at least 4 members (excludes halogenated alkanes) is 2. The van der Waals surface area contributed by atoms with E-state index in [-0.39, 0.29) is 5.43 Å². The van der Waals surface area contributed by atoms with E-state index in [1.54, 1.807) is 18.2 Å². The lowest BCUT2D eigenvalue weighted by Gasteiger charge is -2.28. The SMILES string of the molecule is CN(CCCCNCCCNCCCCN)c1ccc(-c2cc(=O)c3ccc4c(c3o2)OC(c2ccccc2)(c2ccccc2)O4)cc1. The average Bonchev–Trinajstić information content (AvgIpc) is 3.54. The Balaban J connectivity index is 1.10. The van der Waals surface area contributed by atoms with E-state index < -0.39 is 5.79 Å². The first-order valence-electron chi connectivity index (χ1n) is 17.1. The number of fused-ring (bicyclic) bond motifs is 3. The highest BCUT2D eigenvalue weighted by Crippen LogP contribution is 2.50. The quantitative estimate of drug-likeness (QED) is 0.0965. The predicted octanol–water partition coefficient (Wildman–Crippen LogP) is 6.66. The number of hydrogen-bond donors (Lipinski definition) is 3. The third kappa shape index (κ3) is 7.57. The van der Waals surface area contributed by atoms with Gasteiger partial charge in [-0.25, -0.2) is 0 Å². The lowest BCUT2D eigenvalue weighted by Crippen LogP contribution is -2.36. The summed E-state index contributed by atoms with van der Waals surface area (Å²) in [7, 11) is 2.11. The Morgan fingerprint density at radius 3 is 1.98 bits per heavy atom. The van der Waals surface area contributed by atoms with Crippen molar-refractivity contribution in [2.75, 3.05) is 51.2 Å². The van der Waals surface area contributed by atoms with Crippen LogP contribution in [0.4, 0.5) is 5.69 Å². The van der Waals surface area contributed by atoms with Gasteiger partial charge in [0.05, 0.1) is 5.39 Å². The molecular weight excluding hydrogens is 600 g/mol. The second kappa shape index (κ2) is 16.0. The molecule has 0 saturated carbocycles. The molecular formula is C40H46N4O4. The van der Waals surface area contributed by atoms with Crippen molar-refractivity contribution in [1.29, 1.82) is 0 Å². The van der Waals surface area contributed by atoms with E-state index in [2.05, 4.69) is 34.7 Å². The number of nitrogens with zero attached hydrogens (tertiary/aromatic N) is 1. The molecule has 1 aromatic heterocycles. The Bertz CT molecular complexity index is 1770. The lowest BCUT2D eigenvalue weighted by molar-refractivity contribution is -0.0456. The molecule has 6 rings (SSSR count). The van der Waals surface area contributed by atoms with Crippen LogP contribution in [-0.4, -0.2) is 46.3 Å². The first-order chi connectivity index (χ1) is 23.6. The van der Waals surface area contributed by atoms with Crippen molar-refractivity contribution in [3.8, 4) is 22.8 Å². The van der Waals surface area contributed by atoms with Gasteiger partial charge in [-0.1, -0.05) is 60.7 Å². The molecule has 1 aliphatic heterocycles. The fraction of sp³-hybridized carbons (Fsp3) is 0.325.